The van der Waals surface area contributed by atoms with Crippen LogP contribution in [-0.2, 0) is 42.9 Å². The number of ether oxygens (including phenoxy) is 5. The summed E-state index contributed by atoms with van der Waals surface area (Å²) in [5, 5.41) is 35.7. The number of Topliss-reactive ketones (excluding diaryl/α,β-unsaturated/α-hetero) is 1. The molecule has 0 aromatic carbocycles. The first kappa shape index (κ1) is 29.9. The van der Waals surface area contributed by atoms with Crippen LogP contribution in [0.1, 0.15) is 67.7 Å². The summed E-state index contributed by atoms with van der Waals surface area (Å²) < 4.78 is 28.7. The van der Waals surface area contributed by atoms with Crippen molar-refractivity contribution < 1.29 is 58.2 Å². The number of aliphatic hydroxyl groups is 3. The van der Waals surface area contributed by atoms with Crippen LogP contribution < -0.4 is 0 Å². The molecule has 0 aromatic heterocycles. The molecule has 4 aliphatic rings. The van der Waals surface area contributed by atoms with Crippen molar-refractivity contribution in [1.82, 2.24) is 0 Å². The minimum absolute atomic E-state index is 0.318. The van der Waals surface area contributed by atoms with Gasteiger partial charge in [0.25, 0.3) is 0 Å². The summed E-state index contributed by atoms with van der Waals surface area (Å²) in [5.41, 5.74) is -8.87. The molecule has 3 saturated carbocycles. The molecule has 39 heavy (non-hydrogen) atoms. The molecule has 3 N–H and O–H groups in total. The number of aliphatic hydroxyl groups excluding tert-OH is 1. The van der Waals surface area contributed by atoms with Crippen molar-refractivity contribution in [3.05, 3.63) is 0 Å². The van der Waals surface area contributed by atoms with Crippen molar-refractivity contribution in [1.29, 1.82) is 0 Å². The SMILES string of the molecule is CO[C@H]1O[C@@]2(C)[C@@H]3[C@@H](OC(C)=O)[C@H](OC(C)=O)[C@@]4(O)C(C)(C)CC[C@H](OC(C)=O)[C@]4(C)[C@H]3CC(=O)[C@@]2(O)[C@H]1O. The van der Waals surface area contributed by atoms with Gasteiger partial charge in [-0.3, -0.25) is 19.2 Å². The van der Waals surface area contributed by atoms with E-state index in [1.807, 2.05) is 0 Å². The molecule has 1 aliphatic heterocycles. The Labute approximate surface area is 227 Å². The topological polar surface area (TPSA) is 175 Å². The van der Waals surface area contributed by atoms with Gasteiger partial charge in [0.1, 0.15) is 29.5 Å². The van der Waals surface area contributed by atoms with E-state index in [0.717, 1.165) is 13.8 Å². The van der Waals surface area contributed by atoms with Crippen LogP contribution in [0.4, 0.5) is 0 Å². The van der Waals surface area contributed by atoms with Crippen LogP contribution in [0.2, 0.25) is 0 Å². The Hall–Kier alpha value is -2.12. The Bertz CT molecular complexity index is 1070. The molecule has 0 aromatic rings. The number of carbonyl (C=O) groups is 4. The average molecular weight is 557 g/mol. The molecule has 12 heteroatoms. The van der Waals surface area contributed by atoms with Crippen molar-refractivity contribution >= 4 is 23.7 Å². The molecular formula is C27H40O12. The molecular weight excluding hydrogens is 516 g/mol. The Morgan fingerprint density at radius 2 is 1.51 bits per heavy atom. The summed E-state index contributed by atoms with van der Waals surface area (Å²) in [6, 6.07) is 0. The summed E-state index contributed by atoms with van der Waals surface area (Å²) in [6.45, 7) is 10.2. The van der Waals surface area contributed by atoms with Crippen molar-refractivity contribution in [2.75, 3.05) is 7.11 Å². The van der Waals surface area contributed by atoms with E-state index in [9.17, 15) is 34.5 Å². The number of ketones is 1. The first-order valence-electron chi connectivity index (χ1n) is 13.2. The van der Waals surface area contributed by atoms with E-state index in [2.05, 4.69) is 0 Å². The quantitative estimate of drug-likeness (QED) is 0.322. The van der Waals surface area contributed by atoms with E-state index >= 15 is 0 Å². The normalized spacial score (nSPS) is 48.3. The highest BCUT2D eigenvalue weighted by Crippen LogP contribution is 2.70. The first-order chi connectivity index (χ1) is 17.8. The predicted molar refractivity (Wildman–Crippen MR) is 131 cm³/mol. The molecule has 0 spiro atoms. The van der Waals surface area contributed by atoms with Gasteiger partial charge in [-0.1, -0.05) is 20.8 Å². The van der Waals surface area contributed by atoms with E-state index in [-0.39, 0.29) is 6.42 Å². The van der Waals surface area contributed by atoms with Gasteiger partial charge in [-0.15, -0.1) is 0 Å². The lowest BCUT2D eigenvalue weighted by Gasteiger charge is -2.71. The third-order valence-electron chi connectivity index (χ3n) is 10.2. The maximum atomic E-state index is 13.8. The van der Waals surface area contributed by atoms with Crippen LogP contribution in [0.5, 0.6) is 0 Å². The molecule has 12 nitrogen and oxygen atoms in total. The van der Waals surface area contributed by atoms with Gasteiger partial charge >= 0.3 is 17.9 Å². The maximum absolute atomic E-state index is 13.8. The van der Waals surface area contributed by atoms with Gasteiger partial charge in [0, 0.05) is 45.6 Å². The van der Waals surface area contributed by atoms with E-state index in [4.69, 9.17) is 23.7 Å². The Morgan fingerprint density at radius 1 is 0.949 bits per heavy atom. The second kappa shape index (κ2) is 9.20. The number of carbonyl (C=O) groups excluding carboxylic acids is 4. The minimum Gasteiger partial charge on any atom is -0.462 e. The van der Waals surface area contributed by atoms with Crippen molar-refractivity contribution in [3.8, 4) is 0 Å². The van der Waals surface area contributed by atoms with Gasteiger partial charge in [0.15, 0.2) is 23.8 Å². The highest BCUT2D eigenvalue weighted by atomic mass is 16.7. The van der Waals surface area contributed by atoms with Gasteiger partial charge in [0.05, 0.1) is 0 Å². The molecule has 3 aliphatic carbocycles. The fourth-order valence-electron chi connectivity index (χ4n) is 8.47. The Morgan fingerprint density at radius 3 is 2.03 bits per heavy atom. The van der Waals surface area contributed by atoms with Gasteiger partial charge in [-0.05, 0) is 31.1 Å². The second-order valence-electron chi connectivity index (χ2n) is 12.5. The third kappa shape index (κ3) is 3.67. The molecule has 1 saturated heterocycles. The number of esters is 3. The molecule has 1 heterocycles. The highest BCUT2D eigenvalue weighted by Gasteiger charge is 2.84. The molecule has 220 valence electrons. The number of rotatable bonds is 4. The Balaban J connectivity index is 2.07. The van der Waals surface area contributed by atoms with Crippen molar-refractivity contribution in [3.63, 3.8) is 0 Å². The summed E-state index contributed by atoms with van der Waals surface area (Å²) in [4.78, 5) is 51.1. The molecule has 4 fully saturated rings. The molecule has 0 radical (unpaired) electrons. The van der Waals surface area contributed by atoms with Gasteiger partial charge in [-0.2, -0.15) is 0 Å². The van der Waals surface area contributed by atoms with Gasteiger partial charge in [-0.25, -0.2) is 0 Å². The predicted octanol–water partition coefficient (Wildman–Crippen LogP) is 0.411. The first-order valence-corrected chi connectivity index (χ1v) is 13.2. The van der Waals surface area contributed by atoms with Gasteiger partial charge < -0.3 is 39.0 Å². The monoisotopic (exact) mass is 556 g/mol. The zero-order valence-corrected chi connectivity index (χ0v) is 23.7. The smallest absolute Gasteiger partial charge is 0.303 e. The largest absolute Gasteiger partial charge is 0.462 e. The molecule has 0 bridgehead atoms. The summed E-state index contributed by atoms with van der Waals surface area (Å²) >= 11 is 0. The Kier molecular flexibility index (Phi) is 7.04. The van der Waals surface area contributed by atoms with Crippen LogP contribution in [0.15, 0.2) is 0 Å². The molecule has 0 unspecified atom stereocenters. The van der Waals surface area contributed by atoms with Crippen LogP contribution in [0.25, 0.3) is 0 Å². The van der Waals surface area contributed by atoms with E-state index in [0.29, 0.717) is 12.8 Å². The van der Waals surface area contributed by atoms with Crippen molar-refractivity contribution in [2.45, 2.75) is 115 Å². The number of hydrogen-bond donors (Lipinski definition) is 3. The maximum Gasteiger partial charge on any atom is 0.303 e. The van der Waals surface area contributed by atoms with E-state index < -0.39 is 93.9 Å². The summed E-state index contributed by atoms with van der Waals surface area (Å²) in [6.07, 6.45) is -6.80. The summed E-state index contributed by atoms with van der Waals surface area (Å²) in [5.74, 6) is -4.96. The number of hydrogen-bond acceptors (Lipinski definition) is 12. The van der Waals surface area contributed by atoms with Gasteiger partial charge in [0.2, 0.25) is 0 Å². The third-order valence-corrected chi connectivity index (χ3v) is 10.2. The average Bonchev–Trinajstić information content (AvgIpc) is 3.03. The molecule has 0 amide bonds. The lowest BCUT2D eigenvalue weighted by molar-refractivity contribution is -0.360. The minimum atomic E-state index is -2.49. The molecule has 4 rings (SSSR count). The summed E-state index contributed by atoms with van der Waals surface area (Å²) in [7, 11) is 1.24. The van der Waals surface area contributed by atoms with Crippen LogP contribution in [0.3, 0.4) is 0 Å². The van der Waals surface area contributed by atoms with Crippen LogP contribution in [-0.4, -0.2) is 93.6 Å². The van der Waals surface area contributed by atoms with Crippen LogP contribution in [0, 0.1) is 22.7 Å². The number of methoxy groups -OCH3 is 1. The van der Waals surface area contributed by atoms with Crippen LogP contribution >= 0.6 is 0 Å². The fourth-order valence-corrected chi connectivity index (χ4v) is 8.47. The van der Waals surface area contributed by atoms with E-state index in [1.165, 1.54) is 21.0 Å². The lowest BCUT2D eigenvalue weighted by atomic mass is 9.37. The second-order valence-corrected chi connectivity index (χ2v) is 12.5. The highest BCUT2D eigenvalue weighted by molar-refractivity contribution is 5.91. The lowest BCUT2D eigenvalue weighted by Crippen LogP contribution is -2.84. The standard InChI is InChI=1S/C27H40O12/c1-12(28)36-17-9-10-23(4,5)27(34)21(38-14(3)30)19(37-13(2)29)18-15(24(17,27)6)11-16(31)26(33)20(32)22(35-8)39-25(18,26)7/h15,17-22,32-34H,9-11H2,1-8H3/t15-,17-,18-,19+,20-,21-,22-,24-,25-,26+,27+/m0/s1. The zero-order valence-electron chi connectivity index (χ0n) is 23.7. The zero-order chi connectivity index (χ0) is 29.5. The fraction of sp³-hybridized carbons (Fsp3) is 0.852. The van der Waals surface area contributed by atoms with Crippen molar-refractivity contribution in [2.24, 2.45) is 22.7 Å². The number of fused-ring (bicyclic) bond motifs is 5. The molecule has 11 atom stereocenters. The van der Waals surface area contributed by atoms with E-state index in [1.54, 1.807) is 20.8 Å².